The van der Waals surface area contributed by atoms with Crippen LogP contribution in [0.25, 0.3) is 0 Å². The Morgan fingerprint density at radius 3 is 3.09 bits per heavy atom. The molecular weight excluding hydrogens is 290 g/mol. The third-order valence-corrected chi connectivity index (χ3v) is 4.05. The van der Waals surface area contributed by atoms with Crippen molar-refractivity contribution in [3.8, 4) is 0 Å². The molecule has 0 aromatic carbocycles. The van der Waals surface area contributed by atoms with Gasteiger partial charge in [0.25, 0.3) is 0 Å². The predicted molar refractivity (Wildman–Crippen MR) is 87.8 cm³/mol. The van der Waals surface area contributed by atoms with E-state index < -0.39 is 0 Å². The van der Waals surface area contributed by atoms with Crippen LogP contribution in [0, 0.1) is 12.8 Å². The van der Waals surface area contributed by atoms with Crippen LogP contribution in [0.2, 0.25) is 0 Å². The molecule has 0 saturated carbocycles. The van der Waals surface area contributed by atoms with E-state index in [1.165, 1.54) is 0 Å². The fourth-order valence-corrected chi connectivity index (χ4v) is 2.80. The van der Waals surface area contributed by atoms with Gasteiger partial charge in [0.05, 0.1) is 5.92 Å². The molecule has 1 amide bonds. The second kappa shape index (κ2) is 7.17. The molecule has 0 aliphatic carbocycles. The van der Waals surface area contributed by atoms with Crippen LogP contribution < -0.4 is 10.2 Å². The number of carbonyl (C=O) groups is 1. The molecule has 23 heavy (non-hydrogen) atoms. The summed E-state index contributed by atoms with van der Waals surface area (Å²) in [6, 6.07) is 5.71. The number of hydrogen-bond acceptors (Lipinski definition) is 5. The molecule has 3 heterocycles. The summed E-state index contributed by atoms with van der Waals surface area (Å²) in [5.41, 5.74) is 1.95. The summed E-state index contributed by atoms with van der Waals surface area (Å²) < 4.78 is 0. The zero-order valence-corrected chi connectivity index (χ0v) is 13.3. The minimum Gasteiger partial charge on any atom is -0.352 e. The van der Waals surface area contributed by atoms with Crippen LogP contribution in [-0.2, 0) is 11.3 Å². The number of aromatic nitrogens is 3. The molecule has 6 nitrogen and oxygen atoms in total. The number of rotatable bonds is 4. The first-order chi connectivity index (χ1) is 11.2. The molecule has 2 aromatic heterocycles. The second-order valence-corrected chi connectivity index (χ2v) is 5.86. The number of aryl methyl sites for hydroxylation is 1. The molecule has 1 N–H and O–H groups in total. The number of piperidine rings is 1. The van der Waals surface area contributed by atoms with Gasteiger partial charge < -0.3 is 10.2 Å². The number of nitrogens with zero attached hydrogens (tertiary/aromatic N) is 4. The zero-order chi connectivity index (χ0) is 16.1. The molecule has 0 unspecified atom stereocenters. The van der Waals surface area contributed by atoms with Crippen molar-refractivity contribution in [1.29, 1.82) is 0 Å². The Kier molecular flexibility index (Phi) is 4.80. The molecule has 2 aromatic rings. The molecule has 1 aliphatic heterocycles. The van der Waals surface area contributed by atoms with Crippen molar-refractivity contribution in [3.05, 3.63) is 48.0 Å². The lowest BCUT2D eigenvalue weighted by Crippen LogP contribution is -2.43. The topological polar surface area (TPSA) is 71.0 Å². The van der Waals surface area contributed by atoms with Gasteiger partial charge in [0.1, 0.15) is 0 Å². The van der Waals surface area contributed by atoms with Crippen molar-refractivity contribution in [2.45, 2.75) is 26.3 Å². The molecule has 0 spiro atoms. The number of amides is 1. The Bertz CT molecular complexity index is 661. The van der Waals surface area contributed by atoms with E-state index in [2.05, 4.69) is 25.2 Å². The summed E-state index contributed by atoms with van der Waals surface area (Å²) in [5.74, 6) is 0.783. The largest absolute Gasteiger partial charge is 0.352 e. The smallest absolute Gasteiger partial charge is 0.225 e. The van der Waals surface area contributed by atoms with Crippen LogP contribution in [0.3, 0.4) is 0 Å². The molecule has 6 heteroatoms. The summed E-state index contributed by atoms with van der Waals surface area (Å²) in [4.78, 5) is 27.4. The minimum absolute atomic E-state index is 0.0236. The van der Waals surface area contributed by atoms with Crippen molar-refractivity contribution in [3.63, 3.8) is 0 Å². The Morgan fingerprint density at radius 1 is 1.39 bits per heavy atom. The van der Waals surface area contributed by atoms with Crippen molar-refractivity contribution >= 4 is 11.9 Å². The van der Waals surface area contributed by atoms with Crippen LogP contribution in [0.4, 0.5) is 5.95 Å². The molecule has 0 radical (unpaired) electrons. The molecule has 1 fully saturated rings. The van der Waals surface area contributed by atoms with Gasteiger partial charge in [-0.2, -0.15) is 0 Å². The van der Waals surface area contributed by atoms with Gasteiger partial charge in [-0.25, -0.2) is 9.97 Å². The number of hydrogen-bond donors (Lipinski definition) is 1. The predicted octanol–water partition coefficient (Wildman–Crippen LogP) is 1.71. The Balaban J connectivity index is 1.58. The lowest BCUT2D eigenvalue weighted by molar-refractivity contribution is -0.125. The van der Waals surface area contributed by atoms with Crippen LogP contribution in [0.15, 0.2) is 36.8 Å². The fourth-order valence-electron chi connectivity index (χ4n) is 2.80. The third kappa shape index (κ3) is 4.03. The van der Waals surface area contributed by atoms with E-state index >= 15 is 0 Å². The van der Waals surface area contributed by atoms with Crippen LogP contribution in [0.1, 0.15) is 24.1 Å². The van der Waals surface area contributed by atoms with Gasteiger partial charge in [-0.1, -0.05) is 6.07 Å². The maximum Gasteiger partial charge on any atom is 0.225 e. The average molecular weight is 311 g/mol. The van der Waals surface area contributed by atoms with E-state index in [0.717, 1.165) is 36.6 Å². The quantitative estimate of drug-likeness (QED) is 0.931. The second-order valence-electron chi connectivity index (χ2n) is 5.86. The molecule has 0 bridgehead atoms. The first-order valence-corrected chi connectivity index (χ1v) is 7.93. The lowest BCUT2D eigenvalue weighted by atomic mass is 9.97. The molecule has 1 aliphatic rings. The molecule has 120 valence electrons. The van der Waals surface area contributed by atoms with Gasteiger partial charge in [-0.15, -0.1) is 0 Å². The normalized spacial score (nSPS) is 17.8. The van der Waals surface area contributed by atoms with Crippen LogP contribution in [0.5, 0.6) is 0 Å². The van der Waals surface area contributed by atoms with E-state index in [0.29, 0.717) is 13.1 Å². The van der Waals surface area contributed by atoms with Gasteiger partial charge in [0, 0.05) is 43.9 Å². The highest BCUT2D eigenvalue weighted by Crippen LogP contribution is 2.20. The fraction of sp³-hybridized carbons (Fsp3) is 0.412. The highest BCUT2D eigenvalue weighted by molar-refractivity contribution is 5.79. The van der Waals surface area contributed by atoms with Crippen LogP contribution in [-0.4, -0.2) is 33.9 Å². The van der Waals surface area contributed by atoms with Crippen molar-refractivity contribution < 1.29 is 4.79 Å². The number of anilines is 1. The lowest BCUT2D eigenvalue weighted by Gasteiger charge is -2.32. The highest BCUT2D eigenvalue weighted by atomic mass is 16.1. The Morgan fingerprint density at radius 2 is 2.30 bits per heavy atom. The van der Waals surface area contributed by atoms with E-state index in [4.69, 9.17) is 0 Å². The molecule has 3 rings (SSSR count). The standard InChI is InChI=1S/C17H21N5O/c1-13-6-8-19-17(21-13)22-9-3-5-15(12-22)16(23)20-11-14-4-2-7-18-10-14/h2,4,6-8,10,15H,3,5,9,11-12H2,1H3,(H,20,23)/t15-/m1/s1. The van der Waals surface area contributed by atoms with Gasteiger partial charge in [0.15, 0.2) is 0 Å². The maximum absolute atomic E-state index is 12.4. The number of carbonyl (C=O) groups excluding carboxylic acids is 1. The van der Waals surface area contributed by atoms with E-state index in [9.17, 15) is 4.79 Å². The summed E-state index contributed by atoms with van der Waals surface area (Å²) in [7, 11) is 0. The van der Waals surface area contributed by atoms with Crippen molar-refractivity contribution in [1.82, 2.24) is 20.3 Å². The first kappa shape index (κ1) is 15.4. The van der Waals surface area contributed by atoms with Gasteiger partial charge >= 0.3 is 0 Å². The third-order valence-electron chi connectivity index (χ3n) is 4.05. The summed E-state index contributed by atoms with van der Waals surface area (Å²) >= 11 is 0. The zero-order valence-electron chi connectivity index (χ0n) is 13.3. The molecule has 1 saturated heterocycles. The van der Waals surface area contributed by atoms with E-state index in [1.807, 2.05) is 25.1 Å². The summed E-state index contributed by atoms with van der Waals surface area (Å²) in [6.07, 6.45) is 7.15. The SMILES string of the molecule is Cc1ccnc(N2CCC[C@@H](C(=O)NCc3cccnc3)C2)n1. The summed E-state index contributed by atoms with van der Waals surface area (Å²) in [6.45, 7) is 4.04. The van der Waals surface area contributed by atoms with Gasteiger partial charge in [-0.05, 0) is 37.5 Å². The van der Waals surface area contributed by atoms with Gasteiger partial charge in [-0.3, -0.25) is 9.78 Å². The molecule has 1 atom stereocenters. The number of pyridine rings is 1. The monoisotopic (exact) mass is 311 g/mol. The molecular formula is C17H21N5O. The Hall–Kier alpha value is -2.50. The maximum atomic E-state index is 12.4. The first-order valence-electron chi connectivity index (χ1n) is 7.93. The Labute approximate surface area is 136 Å². The van der Waals surface area contributed by atoms with E-state index in [-0.39, 0.29) is 11.8 Å². The summed E-state index contributed by atoms with van der Waals surface area (Å²) in [5, 5.41) is 3.01. The average Bonchev–Trinajstić information content (AvgIpc) is 2.61. The minimum atomic E-state index is -0.0236. The number of nitrogens with one attached hydrogen (secondary N) is 1. The van der Waals surface area contributed by atoms with E-state index in [1.54, 1.807) is 18.6 Å². The van der Waals surface area contributed by atoms with Crippen LogP contribution >= 0.6 is 0 Å². The van der Waals surface area contributed by atoms with Crippen molar-refractivity contribution in [2.24, 2.45) is 5.92 Å². The highest BCUT2D eigenvalue weighted by Gasteiger charge is 2.26. The van der Waals surface area contributed by atoms with Crippen molar-refractivity contribution in [2.75, 3.05) is 18.0 Å². The van der Waals surface area contributed by atoms with Gasteiger partial charge in [0.2, 0.25) is 11.9 Å².